The Bertz CT molecular complexity index is 954. The summed E-state index contributed by atoms with van der Waals surface area (Å²) in [5, 5.41) is 32.1. The highest BCUT2D eigenvalue weighted by atomic mass is 19.2. The molecular formula is C24H31FO7. The van der Waals surface area contributed by atoms with E-state index in [1.807, 2.05) is 6.92 Å². The van der Waals surface area contributed by atoms with Crippen LogP contribution >= 0.6 is 0 Å². The van der Waals surface area contributed by atoms with Crippen molar-refractivity contribution in [2.24, 2.45) is 28.6 Å². The van der Waals surface area contributed by atoms with E-state index in [4.69, 9.17) is 9.47 Å². The molecule has 1 aliphatic heterocycles. The third-order valence-electron chi connectivity index (χ3n) is 9.08. The van der Waals surface area contributed by atoms with Gasteiger partial charge in [0.25, 0.3) is 0 Å². The second-order valence-corrected chi connectivity index (χ2v) is 11.2. The minimum absolute atomic E-state index is 0.0191. The monoisotopic (exact) mass is 450 g/mol. The predicted octanol–water partition coefficient (Wildman–Crippen LogP) is 1.59. The summed E-state index contributed by atoms with van der Waals surface area (Å²) in [7, 11) is 0. The van der Waals surface area contributed by atoms with Gasteiger partial charge >= 0.3 is 0 Å². The normalized spacial score (nSPS) is 53.2. The topological polar surface area (TPSA) is 113 Å². The second-order valence-electron chi connectivity index (χ2n) is 11.2. The molecule has 5 rings (SSSR count). The lowest BCUT2D eigenvalue weighted by Gasteiger charge is -2.61. The Labute approximate surface area is 186 Å². The van der Waals surface area contributed by atoms with E-state index < -0.39 is 70.3 Å². The van der Waals surface area contributed by atoms with Crippen LogP contribution < -0.4 is 0 Å². The number of aliphatic hydroxyl groups excluding tert-OH is 2. The molecule has 0 bridgehead atoms. The van der Waals surface area contributed by atoms with Crippen LogP contribution in [0.5, 0.6) is 0 Å². The first-order chi connectivity index (χ1) is 14.7. The molecule has 0 spiro atoms. The maximum Gasteiger partial charge on any atom is 0.230 e. The Kier molecular flexibility index (Phi) is 4.44. The van der Waals surface area contributed by atoms with Gasteiger partial charge in [-0.05, 0) is 50.7 Å². The molecule has 1 saturated heterocycles. The van der Waals surface area contributed by atoms with Gasteiger partial charge in [0.1, 0.15) is 6.61 Å². The number of rotatable bonds is 2. The van der Waals surface area contributed by atoms with E-state index in [1.54, 1.807) is 26.8 Å². The first kappa shape index (κ1) is 22.3. The number of hydrogen-bond acceptors (Lipinski definition) is 7. The summed E-state index contributed by atoms with van der Waals surface area (Å²) in [5.74, 6) is -5.93. The highest BCUT2D eigenvalue weighted by molar-refractivity contribution is 6.01. The van der Waals surface area contributed by atoms with Gasteiger partial charge in [-0.15, -0.1) is 0 Å². The molecule has 32 heavy (non-hydrogen) atoms. The van der Waals surface area contributed by atoms with Crippen LogP contribution in [0.1, 0.15) is 47.0 Å². The van der Waals surface area contributed by atoms with Gasteiger partial charge in [-0.1, -0.05) is 19.9 Å². The highest BCUT2D eigenvalue weighted by Gasteiger charge is 2.77. The molecule has 0 aromatic carbocycles. The number of hydrogen-bond donors (Lipinski definition) is 3. The molecule has 0 amide bonds. The van der Waals surface area contributed by atoms with Crippen molar-refractivity contribution in [1.29, 1.82) is 0 Å². The summed E-state index contributed by atoms with van der Waals surface area (Å²) in [5.41, 5.74) is -3.47. The maximum absolute atomic E-state index is 15.7. The minimum atomic E-state index is -2.72. The lowest BCUT2D eigenvalue weighted by Crippen LogP contribution is -2.65. The molecule has 4 aliphatic carbocycles. The van der Waals surface area contributed by atoms with E-state index in [-0.39, 0.29) is 24.3 Å². The number of halogens is 1. The van der Waals surface area contributed by atoms with Crippen LogP contribution in [-0.4, -0.2) is 62.9 Å². The number of carbonyl (C=O) groups excluding carboxylic acids is 2. The van der Waals surface area contributed by atoms with Gasteiger partial charge in [-0.2, -0.15) is 0 Å². The van der Waals surface area contributed by atoms with Gasteiger partial charge in [-0.3, -0.25) is 9.59 Å². The van der Waals surface area contributed by atoms with Crippen molar-refractivity contribution in [3.05, 3.63) is 23.8 Å². The van der Waals surface area contributed by atoms with Gasteiger partial charge in [0.15, 0.2) is 23.0 Å². The summed E-state index contributed by atoms with van der Waals surface area (Å²) in [6.45, 7) is 6.28. The third kappa shape index (κ3) is 2.53. The summed E-state index contributed by atoms with van der Waals surface area (Å²) < 4.78 is 28.0. The van der Waals surface area contributed by atoms with Crippen molar-refractivity contribution in [3.63, 3.8) is 0 Å². The number of aliphatic hydroxyl groups is 3. The van der Waals surface area contributed by atoms with Crippen LogP contribution in [0.25, 0.3) is 0 Å². The zero-order valence-corrected chi connectivity index (χ0v) is 18.8. The van der Waals surface area contributed by atoms with Crippen molar-refractivity contribution in [2.45, 2.75) is 76.4 Å². The van der Waals surface area contributed by atoms with Crippen molar-refractivity contribution < 1.29 is 38.8 Å². The first-order valence-electron chi connectivity index (χ1n) is 11.3. The molecule has 0 radical (unpaired) electrons. The summed E-state index contributed by atoms with van der Waals surface area (Å²) in [4.78, 5) is 25.1. The number of Topliss-reactive ketones (excluding diaryl/α,β-unsaturated/α-hetero) is 1. The van der Waals surface area contributed by atoms with Crippen LogP contribution in [0.2, 0.25) is 0 Å². The lowest BCUT2D eigenvalue weighted by atomic mass is 9.45. The van der Waals surface area contributed by atoms with E-state index in [0.717, 1.165) is 6.08 Å². The number of alkyl halides is 1. The molecule has 0 unspecified atom stereocenters. The quantitative estimate of drug-likeness (QED) is 0.586. The van der Waals surface area contributed by atoms with Crippen LogP contribution in [0.4, 0.5) is 4.39 Å². The lowest BCUT2D eigenvalue weighted by molar-refractivity contribution is -0.237. The molecule has 9 atom stereocenters. The van der Waals surface area contributed by atoms with E-state index >= 15 is 4.39 Å². The Hall–Kier alpha value is -1.45. The van der Waals surface area contributed by atoms with Gasteiger partial charge in [0.05, 0.1) is 12.2 Å². The van der Waals surface area contributed by atoms with Crippen molar-refractivity contribution in [3.8, 4) is 0 Å². The van der Waals surface area contributed by atoms with Crippen LogP contribution in [0.3, 0.4) is 0 Å². The molecule has 5 aliphatic rings. The largest absolute Gasteiger partial charge is 0.393 e. The van der Waals surface area contributed by atoms with Crippen LogP contribution in [-0.2, 0) is 19.1 Å². The molecule has 1 heterocycles. The average Bonchev–Trinajstić information content (AvgIpc) is 3.08. The van der Waals surface area contributed by atoms with Gasteiger partial charge in [-0.25, -0.2) is 4.39 Å². The molecule has 7 nitrogen and oxygen atoms in total. The van der Waals surface area contributed by atoms with Crippen LogP contribution in [0.15, 0.2) is 23.8 Å². The molecule has 0 aromatic heterocycles. The van der Waals surface area contributed by atoms with E-state index in [0.29, 0.717) is 6.42 Å². The maximum atomic E-state index is 15.7. The molecule has 4 fully saturated rings. The van der Waals surface area contributed by atoms with E-state index in [2.05, 4.69) is 0 Å². The highest BCUT2D eigenvalue weighted by Crippen LogP contribution is 2.71. The van der Waals surface area contributed by atoms with E-state index in [1.165, 1.54) is 6.08 Å². The van der Waals surface area contributed by atoms with Crippen molar-refractivity contribution in [1.82, 2.24) is 0 Å². The molecule has 3 saturated carbocycles. The number of allylic oxidation sites excluding steroid dienone is 3. The minimum Gasteiger partial charge on any atom is -0.393 e. The fourth-order valence-electron chi connectivity index (χ4n) is 8.13. The number of carbonyl (C=O) groups is 2. The SMILES string of the molecule is CC1(C)O[C@@H]2C[C@H]3[C@@H]4C[C@](O)(F)C5=CC(=O)C=C[C@]5(C)[C@H]4[C@@H](O)C[C@]3(C)[C@]2(C(=O)CO)O1. The summed E-state index contributed by atoms with van der Waals surface area (Å²) >= 11 is 0. The van der Waals surface area contributed by atoms with Crippen molar-refractivity contribution >= 4 is 11.6 Å². The fourth-order valence-corrected chi connectivity index (χ4v) is 8.13. The zero-order chi connectivity index (χ0) is 23.5. The Morgan fingerprint density at radius 1 is 1.25 bits per heavy atom. The first-order valence-corrected chi connectivity index (χ1v) is 11.3. The molecule has 3 N–H and O–H groups in total. The third-order valence-corrected chi connectivity index (χ3v) is 9.08. The molecule has 0 aromatic rings. The van der Waals surface area contributed by atoms with Gasteiger partial charge < -0.3 is 24.8 Å². The Balaban J connectivity index is 1.64. The molecule has 8 heteroatoms. The van der Waals surface area contributed by atoms with Gasteiger partial charge in [0, 0.05) is 28.7 Å². The smallest absolute Gasteiger partial charge is 0.230 e. The second kappa shape index (κ2) is 6.36. The number of ether oxygens (including phenoxy) is 2. The summed E-state index contributed by atoms with van der Waals surface area (Å²) in [6.07, 6.45) is 2.78. The number of ketones is 2. The fraction of sp³-hybridized carbons (Fsp3) is 0.750. The zero-order valence-electron chi connectivity index (χ0n) is 18.8. The Morgan fingerprint density at radius 3 is 2.59 bits per heavy atom. The Morgan fingerprint density at radius 2 is 1.94 bits per heavy atom. The van der Waals surface area contributed by atoms with E-state index in [9.17, 15) is 24.9 Å². The average molecular weight is 451 g/mol. The standard InChI is InChI=1S/C24H31FO7/c1-20(2)31-18-8-14-13-9-23(25,30)16-7-12(27)5-6-21(16,3)19(13)15(28)10-22(14,4)24(18,32-20)17(29)11-26/h5-7,13-15,18-19,26,28,30H,8-11H2,1-4H3/t13-,14-,15-,18+,19+,21-,22-,23+,24+/m0/s1. The predicted molar refractivity (Wildman–Crippen MR) is 110 cm³/mol. The van der Waals surface area contributed by atoms with Crippen LogP contribution in [0, 0.1) is 28.6 Å². The molecular weight excluding hydrogens is 419 g/mol. The summed E-state index contributed by atoms with van der Waals surface area (Å²) in [6, 6.07) is 0. The number of fused-ring (bicyclic) bond motifs is 7. The van der Waals surface area contributed by atoms with Gasteiger partial charge in [0.2, 0.25) is 5.85 Å². The molecule has 176 valence electrons. The van der Waals surface area contributed by atoms with Crippen molar-refractivity contribution in [2.75, 3.05) is 6.61 Å².